The van der Waals surface area contributed by atoms with Crippen LogP contribution in [0.2, 0.25) is 0 Å². The number of hydrogen-bond donors (Lipinski definition) is 1. The molecule has 0 amide bonds. The van der Waals surface area contributed by atoms with Gasteiger partial charge in [0.05, 0.1) is 12.2 Å². The summed E-state index contributed by atoms with van der Waals surface area (Å²) in [5.41, 5.74) is 0.233. The summed E-state index contributed by atoms with van der Waals surface area (Å²) in [6, 6.07) is 0. The third-order valence-corrected chi connectivity index (χ3v) is 4.71. The summed E-state index contributed by atoms with van der Waals surface area (Å²) < 4.78 is 6.27. The van der Waals surface area contributed by atoms with E-state index >= 15 is 0 Å². The topological polar surface area (TPSA) is 24.5 Å². The monoisotopic (exact) mass is 268 g/mol. The average molecular weight is 268 g/mol. The molecular formula is C16H32N2O. The molecular weight excluding hydrogens is 236 g/mol. The Hall–Kier alpha value is -0.120. The fraction of sp³-hybridized carbons (Fsp3) is 1.00. The summed E-state index contributed by atoms with van der Waals surface area (Å²) in [4.78, 5) is 2.57. The zero-order valence-electron chi connectivity index (χ0n) is 12.8. The van der Waals surface area contributed by atoms with E-state index in [2.05, 4.69) is 17.1 Å². The minimum atomic E-state index is 0.233. The summed E-state index contributed by atoms with van der Waals surface area (Å²) >= 11 is 0. The number of nitrogens with zero attached hydrogens (tertiary/aromatic N) is 1. The third-order valence-electron chi connectivity index (χ3n) is 4.71. The van der Waals surface area contributed by atoms with Gasteiger partial charge in [0.1, 0.15) is 0 Å². The van der Waals surface area contributed by atoms with Gasteiger partial charge in [-0.05, 0) is 71.1 Å². The molecule has 0 aromatic carbocycles. The highest BCUT2D eigenvalue weighted by Crippen LogP contribution is 2.38. The predicted molar refractivity (Wildman–Crippen MR) is 80.6 cm³/mol. The van der Waals surface area contributed by atoms with Crippen molar-refractivity contribution in [2.45, 2.75) is 63.9 Å². The molecule has 1 N–H and O–H groups in total. The summed E-state index contributed by atoms with van der Waals surface area (Å²) in [5.74, 6) is 0. The molecule has 2 rings (SSSR count). The maximum Gasteiger partial charge on any atom is 0.0695 e. The SMILES string of the molecule is CCCNCCC1(OCCN2CCCCC2)CCC1. The normalized spacial score (nSPS) is 23.2. The van der Waals surface area contributed by atoms with Gasteiger partial charge in [-0.25, -0.2) is 0 Å². The zero-order chi connectivity index (χ0) is 13.4. The number of ether oxygens (including phenoxy) is 1. The molecule has 0 unspecified atom stereocenters. The Morgan fingerprint density at radius 3 is 2.47 bits per heavy atom. The third kappa shape index (κ3) is 5.05. The van der Waals surface area contributed by atoms with Crippen LogP contribution in [0.15, 0.2) is 0 Å². The highest BCUT2D eigenvalue weighted by Gasteiger charge is 2.37. The molecule has 3 heteroatoms. The van der Waals surface area contributed by atoms with Crippen molar-refractivity contribution in [2.24, 2.45) is 0 Å². The summed E-state index contributed by atoms with van der Waals surface area (Å²) in [6.45, 7) is 9.14. The number of hydrogen-bond acceptors (Lipinski definition) is 3. The summed E-state index contributed by atoms with van der Waals surface area (Å²) in [5, 5.41) is 3.51. The van der Waals surface area contributed by atoms with Crippen LogP contribution in [0.3, 0.4) is 0 Å². The van der Waals surface area contributed by atoms with Gasteiger partial charge in [0.15, 0.2) is 0 Å². The van der Waals surface area contributed by atoms with Gasteiger partial charge in [-0.15, -0.1) is 0 Å². The quantitative estimate of drug-likeness (QED) is 0.651. The summed E-state index contributed by atoms with van der Waals surface area (Å²) in [7, 11) is 0. The van der Waals surface area contributed by atoms with Crippen molar-refractivity contribution in [1.29, 1.82) is 0 Å². The standard InChI is InChI=1S/C16H32N2O/c1-2-10-17-11-9-16(7-6-8-16)19-15-14-18-12-4-3-5-13-18/h17H,2-15H2,1H3. The molecule has 1 heterocycles. The van der Waals surface area contributed by atoms with Crippen molar-refractivity contribution in [2.75, 3.05) is 39.3 Å². The fourth-order valence-electron chi connectivity index (χ4n) is 3.23. The highest BCUT2D eigenvalue weighted by molar-refractivity contribution is 4.90. The van der Waals surface area contributed by atoms with Gasteiger partial charge in [0.2, 0.25) is 0 Å². The lowest BCUT2D eigenvalue weighted by Gasteiger charge is -2.42. The van der Waals surface area contributed by atoms with Gasteiger partial charge < -0.3 is 15.0 Å². The van der Waals surface area contributed by atoms with Gasteiger partial charge in [-0.1, -0.05) is 13.3 Å². The molecule has 0 aromatic rings. The van der Waals surface area contributed by atoms with Gasteiger partial charge >= 0.3 is 0 Å². The van der Waals surface area contributed by atoms with Crippen LogP contribution in [0, 0.1) is 0 Å². The Balaban J connectivity index is 1.58. The van der Waals surface area contributed by atoms with E-state index in [4.69, 9.17) is 4.74 Å². The minimum Gasteiger partial charge on any atom is -0.374 e. The molecule has 112 valence electrons. The number of piperidine rings is 1. The molecule has 0 atom stereocenters. The minimum absolute atomic E-state index is 0.233. The second-order valence-electron chi connectivity index (χ2n) is 6.29. The smallest absolute Gasteiger partial charge is 0.0695 e. The molecule has 1 saturated carbocycles. The Morgan fingerprint density at radius 1 is 1.05 bits per heavy atom. The first-order valence-corrected chi connectivity index (χ1v) is 8.42. The predicted octanol–water partition coefficient (Wildman–Crippen LogP) is 2.80. The first-order valence-electron chi connectivity index (χ1n) is 8.42. The Bertz CT molecular complexity index is 235. The molecule has 0 spiro atoms. The van der Waals surface area contributed by atoms with Crippen LogP contribution in [0.4, 0.5) is 0 Å². The van der Waals surface area contributed by atoms with Crippen LogP contribution in [0.25, 0.3) is 0 Å². The van der Waals surface area contributed by atoms with Crippen molar-refractivity contribution >= 4 is 0 Å². The molecule has 1 aliphatic heterocycles. The van der Waals surface area contributed by atoms with Crippen LogP contribution in [0.1, 0.15) is 58.3 Å². The van der Waals surface area contributed by atoms with E-state index in [1.807, 2.05) is 0 Å². The van der Waals surface area contributed by atoms with E-state index in [1.54, 1.807) is 0 Å². The Kier molecular flexibility index (Phi) is 6.62. The zero-order valence-corrected chi connectivity index (χ0v) is 12.8. The van der Waals surface area contributed by atoms with Gasteiger partial charge in [-0.2, -0.15) is 0 Å². The maximum atomic E-state index is 6.27. The molecule has 0 bridgehead atoms. The van der Waals surface area contributed by atoms with Gasteiger partial charge in [0.25, 0.3) is 0 Å². The highest BCUT2D eigenvalue weighted by atomic mass is 16.5. The lowest BCUT2D eigenvalue weighted by atomic mass is 9.77. The maximum absolute atomic E-state index is 6.27. The largest absolute Gasteiger partial charge is 0.374 e. The molecule has 1 saturated heterocycles. The van der Waals surface area contributed by atoms with Crippen LogP contribution < -0.4 is 5.32 Å². The molecule has 3 nitrogen and oxygen atoms in total. The van der Waals surface area contributed by atoms with Crippen LogP contribution in [-0.2, 0) is 4.74 Å². The molecule has 1 aliphatic carbocycles. The molecule has 2 aliphatic rings. The van der Waals surface area contributed by atoms with Crippen molar-refractivity contribution < 1.29 is 4.74 Å². The first kappa shape index (κ1) is 15.3. The van der Waals surface area contributed by atoms with Crippen molar-refractivity contribution in [3.05, 3.63) is 0 Å². The molecule has 2 fully saturated rings. The average Bonchev–Trinajstić information content (AvgIpc) is 2.41. The lowest BCUT2D eigenvalue weighted by molar-refractivity contribution is -0.109. The van der Waals surface area contributed by atoms with E-state index in [0.29, 0.717) is 0 Å². The molecule has 0 radical (unpaired) electrons. The molecule has 0 aromatic heterocycles. The number of rotatable bonds is 9. The van der Waals surface area contributed by atoms with Crippen molar-refractivity contribution in [3.8, 4) is 0 Å². The van der Waals surface area contributed by atoms with E-state index in [-0.39, 0.29) is 5.60 Å². The van der Waals surface area contributed by atoms with Gasteiger partial charge in [-0.3, -0.25) is 0 Å². The molecule has 19 heavy (non-hydrogen) atoms. The van der Waals surface area contributed by atoms with Crippen molar-refractivity contribution in [3.63, 3.8) is 0 Å². The van der Waals surface area contributed by atoms with E-state index in [0.717, 1.165) is 26.2 Å². The Labute approximate surface area is 119 Å². The summed E-state index contributed by atoms with van der Waals surface area (Å²) in [6.07, 6.45) is 10.5. The van der Waals surface area contributed by atoms with E-state index in [9.17, 15) is 0 Å². The second kappa shape index (κ2) is 8.23. The van der Waals surface area contributed by atoms with Crippen molar-refractivity contribution in [1.82, 2.24) is 10.2 Å². The fourth-order valence-corrected chi connectivity index (χ4v) is 3.23. The van der Waals surface area contributed by atoms with E-state index in [1.165, 1.54) is 64.5 Å². The number of likely N-dealkylation sites (tertiary alicyclic amines) is 1. The van der Waals surface area contributed by atoms with Gasteiger partial charge in [0, 0.05) is 6.54 Å². The van der Waals surface area contributed by atoms with Crippen LogP contribution in [0.5, 0.6) is 0 Å². The lowest BCUT2D eigenvalue weighted by Crippen LogP contribution is -2.44. The Morgan fingerprint density at radius 2 is 1.84 bits per heavy atom. The number of nitrogens with one attached hydrogen (secondary N) is 1. The van der Waals surface area contributed by atoms with E-state index < -0.39 is 0 Å². The second-order valence-corrected chi connectivity index (χ2v) is 6.29. The van der Waals surface area contributed by atoms with Crippen LogP contribution in [-0.4, -0.2) is 49.8 Å². The van der Waals surface area contributed by atoms with Crippen LogP contribution >= 0.6 is 0 Å². The first-order chi connectivity index (χ1) is 9.35.